The molecule has 1 unspecified atom stereocenters. The fourth-order valence-electron chi connectivity index (χ4n) is 2.33. The van der Waals surface area contributed by atoms with Crippen LogP contribution in [0.3, 0.4) is 0 Å². The minimum atomic E-state index is 0.630. The first-order valence-corrected chi connectivity index (χ1v) is 6.57. The van der Waals surface area contributed by atoms with E-state index in [-0.39, 0.29) is 0 Å². The van der Waals surface area contributed by atoms with Crippen molar-refractivity contribution >= 4 is 5.82 Å². The molecule has 0 amide bonds. The molecule has 1 N–H and O–H groups in total. The van der Waals surface area contributed by atoms with E-state index in [4.69, 9.17) is 4.74 Å². The van der Waals surface area contributed by atoms with Crippen LogP contribution in [0.1, 0.15) is 18.9 Å². The van der Waals surface area contributed by atoms with E-state index in [9.17, 15) is 0 Å². The molecule has 2 heterocycles. The van der Waals surface area contributed by atoms with Gasteiger partial charge in [0.05, 0.1) is 12.2 Å². The summed E-state index contributed by atoms with van der Waals surface area (Å²) in [6.07, 6.45) is 2.81. The number of nitrogens with zero attached hydrogens (tertiary/aromatic N) is 3. The first-order chi connectivity index (χ1) is 8.70. The number of likely N-dealkylation sites (tertiary alicyclic amines) is 1. The molecule has 5 heteroatoms. The molecule has 0 saturated carbocycles. The molecule has 1 aliphatic heterocycles. The molecule has 1 aromatic rings. The Balaban J connectivity index is 1.94. The summed E-state index contributed by atoms with van der Waals surface area (Å²) in [7, 11) is 2.17. The summed E-state index contributed by atoms with van der Waals surface area (Å²) in [5, 5.41) is 3.42. The predicted octanol–water partition coefficient (Wildman–Crippen LogP) is 1.55. The Morgan fingerprint density at radius 2 is 2.33 bits per heavy atom. The Morgan fingerprint density at radius 3 is 3.00 bits per heavy atom. The molecule has 1 aromatic heterocycles. The molecule has 1 aliphatic rings. The fourth-order valence-corrected chi connectivity index (χ4v) is 2.33. The number of anilines is 1. The van der Waals surface area contributed by atoms with Gasteiger partial charge in [-0.25, -0.2) is 9.97 Å². The van der Waals surface area contributed by atoms with Gasteiger partial charge in [0, 0.05) is 13.1 Å². The van der Waals surface area contributed by atoms with Crippen LogP contribution in [0, 0.1) is 12.8 Å². The lowest BCUT2D eigenvalue weighted by Gasteiger charge is -2.14. The highest BCUT2D eigenvalue weighted by Gasteiger charge is 2.19. The third kappa shape index (κ3) is 3.10. The average Bonchev–Trinajstić information content (AvgIpc) is 2.77. The maximum Gasteiger partial charge on any atom is 0.221 e. The molecule has 1 fully saturated rings. The van der Waals surface area contributed by atoms with E-state index in [1.807, 2.05) is 13.8 Å². The van der Waals surface area contributed by atoms with Crippen LogP contribution in [-0.2, 0) is 0 Å². The van der Waals surface area contributed by atoms with Crippen molar-refractivity contribution in [3.63, 3.8) is 0 Å². The largest absolute Gasteiger partial charge is 0.478 e. The summed E-state index contributed by atoms with van der Waals surface area (Å²) in [6, 6.07) is 0. The molecule has 1 saturated heterocycles. The van der Waals surface area contributed by atoms with Crippen molar-refractivity contribution in [2.75, 3.05) is 38.6 Å². The second-order valence-corrected chi connectivity index (χ2v) is 4.88. The summed E-state index contributed by atoms with van der Waals surface area (Å²) in [5.41, 5.74) is 0.991. The van der Waals surface area contributed by atoms with Gasteiger partial charge in [-0.1, -0.05) is 0 Å². The highest BCUT2D eigenvalue weighted by Crippen LogP contribution is 2.21. The van der Waals surface area contributed by atoms with Gasteiger partial charge in [0.2, 0.25) is 5.88 Å². The molecule has 0 aliphatic carbocycles. The maximum atomic E-state index is 5.47. The van der Waals surface area contributed by atoms with E-state index >= 15 is 0 Å². The van der Waals surface area contributed by atoms with Crippen molar-refractivity contribution in [1.29, 1.82) is 0 Å². The standard InChI is InChI=1S/C13H22N4O/c1-4-18-13-10(2)12(15-9-16-13)14-7-11-5-6-17(3)8-11/h9,11H,4-8H2,1-3H3,(H,14,15,16). The Kier molecular flexibility index (Phi) is 4.36. The van der Waals surface area contributed by atoms with Gasteiger partial charge in [-0.15, -0.1) is 0 Å². The van der Waals surface area contributed by atoms with Crippen LogP contribution in [0.25, 0.3) is 0 Å². The highest BCUT2D eigenvalue weighted by molar-refractivity contribution is 5.47. The first kappa shape index (κ1) is 13.1. The lowest BCUT2D eigenvalue weighted by atomic mass is 10.1. The summed E-state index contributed by atoms with van der Waals surface area (Å²) in [4.78, 5) is 10.8. The van der Waals surface area contributed by atoms with Crippen LogP contribution in [0.15, 0.2) is 6.33 Å². The average molecular weight is 250 g/mol. The zero-order valence-corrected chi connectivity index (χ0v) is 11.4. The van der Waals surface area contributed by atoms with Crippen molar-refractivity contribution in [3.05, 3.63) is 11.9 Å². The van der Waals surface area contributed by atoms with Crippen molar-refractivity contribution < 1.29 is 4.74 Å². The predicted molar refractivity (Wildman–Crippen MR) is 72.0 cm³/mol. The van der Waals surface area contributed by atoms with E-state index in [0.29, 0.717) is 18.4 Å². The number of hydrogen-bond acceptors (Lipinski definition) is 5. The van der Waals surface area contributed by atoms with Crippen LogP contribution < -0.4 is 10.1 Å². The first-order valence-electron chi connectivity index (χ1n) is 6.57. The van der Waals surface area contributed by atoms with E-state index in [2.05, 4.69) is 27.2 Å². The summed E-state index contributed by atoms with van der Waals surface area (Å²) >= 11 is 0. The maximum absolute atomic E-state index is 5.47. The Bertz CT molecular complexity index is 397. The van der Waals surface area contributed by atoms with Gasteiger partial charge in [0.15, 0.2) is 0 Å². The van der Waals surface area contributed by atoms with Gasteiger partial charge in [-0.2, -0.15) is 0 Å². The molecule has 18 heavy (non-hydrogen) atoms. The quantitative estimate of drug-likeness (QED) is 0.859. The van der Waals surface area contributed by atoms with Gasteiger partial charge < -0.3 is 15.0 Å². The molecule has 0 spiro atoms. The monoisotopic (exact) mass is 250 g/mol. The molecule has 5 nitrogen and oxygen atoms in total. The van der Waals surface area contributed by atoms with Crippen LogP contribution in [0.2, 0.25) is 0 Å². The van der Waals surface area contributed by atoms with E-state index in [1.165, 1.54) is 13.0 Å². The zero-order valence-electron chi connectivity index (χ0n) is 11.4. The molecule has 0 aromatic carbocycles. The molecule has 100 valence electrons. The number of hydrogen-bond donors (Lipinski definition) is 1. The molecule has 0 radical (unpaired) electrons. The van der Waals surface area contributed by atoms with Crippen LogP contribution in [-0.4, -0.2) is 48.2 Å². The summed E-state index contributed by atoms with van der Waals surface area (Å²) < 4.78 is 5.47. The molecular weight excluding hydrogens is 228 g/mol. The van der Waals surface area contributed by atoms with Gasteiger partial charge in [-0.3, -0.25) is 0 Å². The lowest BCUT2D eigenvalue weighted by Crippen LogP contribution is -2.20. The fraction of sp³-hybridized carbons (Fsp3) is 0.692. The van der Waals surface area contributed by atoms with Crippen molar-refractivity contribution in [1.82, 2.24) is 14.9 Å². The third-order valence-electron chi connectivity index (χ3n) is 3.37. The van der Waals surface area contributed by atoms with Gasteiger partial charge in [-0.05, 0) is 39.8 Å². The topological polar surface area (TPSA) is 50.3 Å². The minimum Gasteiger partial charge on any atom is -0.478 e. The van der Waals surface area contributed by atoms with E-state index in [1.54, 1.807) is 6.33 Å². The van der Waals surface area contributed by atoms with Crippen molar-refractivity contribution in [2.45, 2.75) is 20.3 Å². The van der Waals surface area contributed by atoms with Crippen LogP contribution in [0.5, 0.6) is 5.88 Å². The van der Waals surface area contributed by atoms with Crippen LogP contribution >= 0.6 is 0 Å². The second kappa shape index (κ2) is 6.00. The van der Waals surface area contributed by atoms with E-state index in [0.717, 1.165) is 24.5 Å². The Morgan fingerprint density at radius 1 is 1.50 bits per heavy atom. The summed E-state index contributed by atoms with van der Waals surface area (Å²) in [6.45, 7) is 7.91. The number of aromatic nitrogens is 2. The van der Waals surface area contributed by atoms with Crippen molar-refractivity contribution in [2.24, 2.45) is 5.92 Å². The second-order valence-electron chi connectivity index (χ2n) is 4.88. The summed E-state index contributed by atoms with van der Waals surface area (Å²) in [5.74, 6) is 2.28. The van der Waals surface area contributed by atoms with Gasteiger partial charge >= 0.3 is 0 Å². The molecule has 0 bridgehead atoms. The van der Waals surface area contributed by atoms with E-state index < -0.39 is 0 Å². The molecule has 1 atom stereocenters. The van der Waals surface area contributed by atoms with Crippen LogP contribution in [0.4, 0.5) is 5.82 Å². The smallest absolute Gasteiger partial charge is 0.221 e. The molecular formula is C13H22N4O. The SMILES string of the molecule is CCOc1ncnc(NCC2CCN(C)C2)c1C. The Labute approximate surface area is 109 Å². The highest BCUT2D eigenvalue weighted by atomic mass is 16.5. The number of rotatable bonds is 5. The Hall–Kier alpha value is -1.36. The minimum absolute atomic E-state index is 0.630. The lowest BCUT2D eigenvalue weighted by molar-refractivity contribution is 0.324. The van der Waals surface area contributed by atoms with Crippen molar-refractivity contribution in [3.8, 4) is 5.88 Å². The zero-order chi connectivity index (χ0) is 13.0. The van der Waals surface area contributed by atoms with Gasteiger partial charge in [0.1, 0.15) is 12.1 Å². The third-order valence-corrected chi connectivity index (χ3v) is 3.37. The molecule has 2 rings (SSSR count). The number of ether oxygens (including phenoxy) is 1. The number of nitrogens with one attached hydrogen (secondary N) is 1. The van der Waals surface area contributed by atoms with Gasteiger partial charge in [0.25, 0.3) is 0 Å². The normalized spacial score (nSPS) is 20.1.